The Morgan fingerprint density at radius 1 is 1.10 bits per heavy atom. The second kappa shape index (κ2) is 7.80. The molecule has 0 spiro atoms. The van der Waals surface area contributed by atoms with Crippen LogP contribution in [0.1, 0.15) is 36.8 Å². The Morgan fingerprint density at radius 2 is 1.76 bits per heavy atom. The van der Waals surface area contributed by atoms with Gasteiger partial charge >= 0.3 is 0 Å². The number of nitro groups is 1. The third kappa shape index (κ3) is 4.31. The molecule has 5 nitrogen and oxygen atoms in total. The summed E-state index contributed by atoms with van der Waals surface area (Å²) in [5, 5.41) is 21.9. The number of non-ortho nitro benzene ring substituents is 1. The number of hydrogen-bond acceptors (Lipinski definition) is 4. The van der Waals surface area contributed by atoms with Crippen LogP contribution in [0, 0.1) is 21.7 Å². The monoisotopic (exact) mass is 402 g/mol. The first-order chi connectivity index (χ1) is 13.8. The zero-order valence-electron chi connectivity index (χ0n) is 16.1. The number of nitro benzene ring substituents is 1. The SMILES string of the molecule is O=[N+]([O-])c1ccc(CCN2[C@H]3CC[C@H]2CC(O)(Cc2ccc(F)cc2F)C3)cc1. The summed E-state index contributed by atoms with van der Waals surface area (Å²) in [7, 11) is 0. The van der Waals surface area contributed by atoms with Crippen molar-refractivity contribution in [3.05, 3.63) is 75.3 Å². The summed E-state index contributed by atoms with van der Waals surface area (Å²) in [6, 6.07) is 10.6. The average molecular weight is 402 g/mol. The molecule has 0 saturated carbocycles. The summed E-state index contributed by atoms with van der Waals surface area (Å²) in [6.45, 7) is 0.828. The Morgan fingerprint density at radius 3 is 2.34 bits per heavy atom. The van der Waals surface area contributed by atoms with Gasteiger partial charge in [-0.25, -0.2) is 8.78 Å². The van der Waals surface area contributed by atoms with E-state index in [-0.39, 0.29) is 24.2 Å². The number of hydrogen-bond donors (Lipinski definition) is 1. The molecule has 2 aromatic carbocycles. The minimum Gasteiger partial charge on any atom is -0.389 e. The predicted molar refractivity (Wildman–Crippen MR) is 105 cm³/mol. The molecule has 7 heteroatoms. The number of benzene rings is 2. The van der Waals surface area contributed by atoms with E-state index < -0.39 is 22.2 Å². The second-order valence-electron chi connectivity index (χ2n) is 8.34. The first-order valence-electron chi connectivity index (χ1n) is 9.98. The van der Waals surface area contributed by atoms with Crippen LogP contribution in [0.25, 0.3) is 0 Å². The van der Waals surface area contributed by atoms with Crippen LogP contribution in [-0.2, 0) is 12.8 Å². The molecule has 2 aliphatic heterocycles. The fraction of sp³-hybridized carbons (Fsp3) is 0.455. The fourth-order valence-electron chi connectivity index (χ4n) is 4.99. The molecule has 2 aliphatic rings. The van der Waals surface area contributed by atoms with Crippen molar-refractivity contribution in [3.8, 4) is 0 Å². The maximum absolute atomic E-state index is 14.0. The van der Waals surface area contributed by atoms with Gasteiger partial charge in [-0.3, -0.25) is 15.0 Å². The van der Waals surface area contributed by atoms with Gasteiger partial charge in [0.05, 0.1) is 10.5 Å². The van der Waals surface area contributed by atoms with Crippen LogP contribution in [0.2, 0.25) is 0 Å². The van der Waals surface area contributed by atoms with Crippen LogP contribution in [-0.4, -0.2) is 39.2 Å². The van der Waals surface area contributed by atoms with E-state index in [1.165, 1.54) is 24.3 Å². The van der Waals surface area contributed by atoms with Crippen LogP contribution < -0.4 is 0 Å². The molecule has 2 atom stereocenters. The van der Waals surface area contributed by atoms with Crippen molar-refractivity contribution in [2.75, 3.05) is 6.54 Å². The number of piperidine rings is 1. The topological polar surface area (TPSA) is 66.6 Å². The molecule has 4 rings (SSSR count). The number of aliphatic hydroxyl groups is 1. The largest absolute Gasteiger partial charge is 0.389 e. The molecule has 2 heterocycles. The zero-order valence-corrected chi connectivity index (χ0v) is 16.1. The van der Waals surface area contributed by atoms with Crippen molar-refractivity contribution in [2.24, 2.45) is 0 Å². The van der Waals surface area contributed by atoms with Gasteiger partial charge in [-0.15, -0.1) is 0 Å². The van der Waals surface area contributed by atoms with Crippen molar-refractivity contribution in [1.29, 1.82) is 0 Å². The number of nitrogens with zero attached hydrogens (tertiary/aromatic N) is 2. The van der Waals surface area contributed by atoms with Gasteiger partial charge < -0.3 is 5.11 Å². The first kappa shape index (κ1) is 19.9. The van der Waals surface area contributed by atoms with Gasteiger partial charge in [0.15, 0.2) is 0 Å². The highest BCUT2D eigenvalue weighted by Crippen LogP contribution is 2.42. The average Bonchev–Trinajstić information content (AvgIpc) is 2.93. The highest BCUT2D eigenvalue weighted by Gasteiger charge is 2.47. The van der Waals surface area contributed by atoms with E-state index in [0.29, 0.717) is 18.4 Å². The van der Waals surface area contributed by atoms with E-state index in [0.717, 1.165) is 37.4 Å². The van der Waals surface area contributed by atoms with E-state index in [1.54, 1.807) is 12.1 Å². The van der Waals surface area contributed by atoms with Gasteiger partial charge in [-0.05, 0) is 49.3 Å². The quantitative estimate of drug-likeness (QED) is 0.586. The third-order valence-electron chi connectivity index (χ3n) is 6.34. The Hall–Kier alpha value is -2.38. The minimum atomic E-state index is -0.978. The van der Waals surface area contributed by atoms with Crippen LogP contribution >= 0.6 is 0 Å². The van der Waals surface area contributed by atoms with Gasteiger partial charge in [-0.1, -0.05) is 18.2 Å². The van der Waals surface area contributed by atoms with E-state index in [9.17, 15) is 24.0 Å². The summed E-state index contributed by atoms with van der Waals surface area (Å²) >= 11 is 0. The summed E-state index contributed by atoms with van der Waals surface area (Å²) < 4.78 is 27.2. The standard InChI is InChI=1S/C22H24F2N2O3/c23-17-4-3-16(21(24)11-17)12-22(27)13-19-7-8-20(14-22)25(19)10-9-15-1-5-18(6-2-15)26(28)29/h1-6,11,19-20,27H,7-10,12-14H2/t19-,20-/m0/s1. The van der Waals surface area contributed by atoms with Crippen LogP contribution in [0.3, 0.4) is 0 Å². The molecule has 2 aromatic rings. The Kier molecular flexibility index (Phi) is 5.36. The summed E-state index contributed by atoms with van der Waals surface area (Å²) in [5.41, 5.74) is 0.510. The lowest BCUT2D eigenvalue weighted by Gasteiger charge is -2.44. The summed E-state index contributed by atoms with van der Waals surface area (Å²) in [6.07, 6.45) is 4.12. The van der Waals surface area contributed by atoms with Crippen molar-refractivity contribution < 1.29 is 18.8 Å². The normalized spacial score (nSPS) is 26.6. The van der Waals surface area contributed by atoms with Crippen LogP contribution in [0.4, 0.5) is 14.5 Å². The second-order valence-corrected chi connectivity index (χ2v) is 8.34. The van der Waals surface area contributed by atoms with Crippen molar-refractivity contribution >= 4 is 5.69 Å². The van der Waals surface area contributed by atoms with Gasteiger partial charge in [-0.2, -0.15) is 0 Å². The molecule has 2 bridgehead atoms. The molecular weight excluding hydrogens is 378 g/mol. The minimum absolute atomic E-state index is 0.0879. The Balaban J connectivity index is 1.39. The van der Waals surface area contributed by atoms with Crippen molar-refractivity contribution in [1.82, 2.24) is 4.90 Å². The molecule has 0 aliphatic carbocycles. The summed E-state index contributed by atoms with van der Waals surface area (Å²) in [5.74, 6) is -1.22. The van der Waals surface area contributed by atoms with E-state index in [4.69, 9.17) is 0 Å². The smallest absolute Gasteiger partial charge is 0.269 e. The number of fused-ring (bicyclic) bond motifs is 2. The van der Waals surface area contributed by atoms with E-state index in [2.05, 4.69) is 4.90 Å². The lowest BCUT2D eigenvalue weighted by atomic mass is 9.81. The molecule has 0 unspecified atom stereocenters. The van der Waals surface area contributed by atoms with E-state index in [1.807, 2.05) is 0 Å². The Labute approximate surface area is 168 Å². The zero-order chi connectivity index (χ0) is 20.6. The molecule has 0 radical (unpaired) electrons. The van der Waals surface area contributed by atoms with Crippen LogP contribution in [0.15, 0.2) is 42.5 Å². The third-order valence-corrected chi connectivity index (χ3v) is 6.34. The first-order valence-corrected chi connectivity index (χ1v) is 9.98. The van der Waals surface area contributed by atoms with Crippen molar-refractivity contribution in [2.45, 2.75) is 56.2 Å². The molecule has 29 heavy (non-hydrogen) atoms. The molecule has 2 saturated heterocycles. The van der Waals surface area contributed by atoms with Crippen molar-refractivity contribution in [3.63, 3.8) is 0 Å². The van der Waals surface area contributed by atoms with E-state index >= 15 is 0 Å². The maximum Gasteiger partial charge on any atom is 0.269 e. The lowest BCUT2D eigenvalue weighted by Crippen LogP contribution is -2.52. The fourth-order valence-corrected chi connectivity index (χ4v) is 4.99. The Bertz CT molecular complexity index is 889. The maximum atomic E-state index is 14.0. The molecule has 2 fully saturated rings. The molecule has 1 N–H and O–H groups in total. The van der Waals surface area contributed by atoms with Gasteiger partial charge in [0.25, 0.3) is 5.69 Å². The molecule has 0 aromatic heterocycles. The van der Waals surface area contributed by atoms with Crippen LogP contribution in [0.5, 0.6) is 0 Å². The highest BCUT2D eigenvalue weighted by atomic mass is 19.1. The molecule has 0 amide bonds. The lowest BCUT2D eigenvalue weighted by molar-refractivity contribution is -0.384. The highest BCUT2D eigenvalue weighted by molar-refractivity contribution is 5.33. The predicted octanol–water partition coefficient (Wildman–Crippen LogP) is 4.02. The van der Waals surface area contributed by atoms with Gasteiger partial charge in [0.1, 0.15) is 11.6 Å². The number of rotatable bonds is 6. The van der Waals surface area contributed by atoms with Gasteiger partial charge in [0.2, 0.25) is 0 Å². The number of halogens is 2. The summed E-state index contributed by atoms with van der Waals surface area (Å²) in [4.78, 5) is 12.8. The molecular formula is C22H24F2N2O3. The van der Waals surface area contributed by atoms with Gasteiger partial charge in [0, 0.05) is 43.2 Å². The molecule has 154 valence electrons.